The molecule has 0 aliphatic rings. The lowest BCUT2D eigenvalue weighted by atomic mass is 9.85. The van der Waals surface area contributed by atoms with Crippen molar-refractivity contribution in [2.75, 3.05) is 36.0 Å². The van der Waals surface area contributed by atoms with Gasteiger partial charge in [-0.25, -0.2) is 0 Å². The first kappa shape index (κ1) is 25.3. The third kappa shape index (κ3) is 5.54. The maximum atomic E-state index is 2.39. The molecule has 4 rings (SSSR count). The van der Waals surface area contributed by atoms with Crippen LogP contribution >= 0.6 is 0 Å². The van der Waals surface area contributed by atoms with E-state index in [1.807, 2.05) is 0 Å². The summed E-state index contributed by atoms with van der Waals surface area (Å²) in [5, 5.41) is 0. The molecule has 2 heteroatoms. The zero-order valence-electron chi connectivity index (χ0n) is 22.1. The summed E-state index contributed by atoms with van der Waals surface area (Å²) in [4.78, 5) is 4.78. The number of hydrogen-bond donors (Lipinski definition) is 0. The Balaban J connectivity index is 1.95. The maximum absolute atomic E-state index is 2.39. The molecule has 0 atom stereocenters. The van der Waals surface area contributed by atoms with Gasteiger partial charge in [-0.3, -0.25) is 0 Å². The van der Waals surface area contributed by atoms with Gasteiger partial charge in [0.25, 0.3) is 0 Å². The van der Waals surface area contributed by atoms with Crippen LogP contribution in [0.3, 0.4) is 0 Å². The lowest BCUT2D eigenvalue weighted by Crippen LogP contribution is -2.21. The van der Waals surface area contributed by atoms with Crippen LogP contribution in [0.1, 0.15) is 49.9 Å². The molecule has 0 unspecified atom stereocenters. The van der Waals surface area contributed by atoms with Gasteiger partial charge in [-0.05, 0) is 85.4 Å². The molecule has 0 N–H and O–H groups in total. The number of rotatable bonds is 10. The monoisotopic (exact) mass is 474 g/mol. The third-order valence-corrected chi connectivity index (χ3v) is 6.94. The highest BCUT2D eigenvalue weighted by Gasteiger charge is 2.17. The van der Waals surface area contributed by atoms with E-state index < -0.39 is 0 Å². The molecule has 0 amide bonds. The molecule has 36 heavy (non-hydrogen) atoms. The first-order valence-corrected chi connectivity index (χ1v) is 13.3. The lowest BCUT2D eigenvalue weighted by molar-refractivity contribution is 0.866. The summed E-state index contributed by atoms with van der Waals surface area (Å²) >= 11 is 0. The van der Waals surface area contributed by atoms with E-state index in [0.29, 0.717) is 0 Å². The molecule has 0 saturated heterocycles. The highest BCUT2D eigenvalue weighted by molar-refractivity contribution is 6.04. The minimum Gasteiger partial charge on any atom is -0.372 e. The van der Waals surface area contributed by atoms with Gasteiger partial charge >= 0.3 is 0 Å². The molecule has 0 fully saturated rings. The van der Waals surface area contributed by atoms with Crippen molar-refractivity contribution in [3.63, 3.8) is 0 Å². The average molecular weight is 475 g/mol. The van der Waals surface area contributed by atoms with Crippen molar-refractivity contribution >= 4 is 22.5 Å². The van der Waals surface area contributed by atoms with Crippen LogP contribution in [0, 0.1) is 0 Å². The van der Waals surface area contributed by atoms with Crippen LogP contribution < -0.4 is 9.80 Å². The maximum Gasteiger partial charge on any atom is 0.0366 e. The Bertz CT molecular complexity index is 1130. The molecular weight excluding hydrogens is 436 g/mol. The van der Waals surface area contributed by atoms with Crippen LogP contribution in [0.15, 0.2) is 109 Å². The summed E-state index contributed by atoms with van der Waals surface area (Å²) in [5.41, 5.74) is 9.93. The summed E-state index contributed by atoms with van der Waals surface area (Å²) in [7, 11) is 0. The SMILES string of the molecule is CCN(CC)c1ccc(/C(=C(/c2ccccc2)c2ccc(N(CC)CC)cc2)c2ccccc2)cc1. The van der Waals surface area contributed by atoms with Crippen molar-refractivity contribution in [2.24, 2.45) is 0 Å². The summed E-state index contributed by atoms with van der Waals surface area (Å²) in [6, 6.07) is 39.8. The fourth-order valence-corrected chi connectivity index (χ4v) is 4.98. The Morgan fingerprint density at radius 3 is 0.944 bits per heavy atom. The third-order valence-electron chi connectivity index (χ3n) is 6.94. The molecule has 0 spiro atoms. The Hall–Kier alpha value is -3.78. The van der Waals surface area contributed by atoms with E-state index >= 15 is 0 Å². The fraction of sp³-hybridized carbons (Fsp3) is 0.235. The van der Waals surface area contributed by atoms with Crippen molar-refractivity contribution < 1.29 is 0 Å². The standard InChI is InChI=1S/C34H38N2/c1-5-35(6-2)31-23-19-29(20-24-31)33(27-15-11-9-12-16-27)34(28-17-13-10-14-18-28)30-21-25-32(26-22-30)36(7-3)8-4/h9-26H,5-8H2,1-4H3/b34-33-. The smallest absolute Gasteiger partial charge is 0.0366 e. The van der Waals surface area contributed by atoms with Crippen LogP contribution in [0.4, 0.5) is 11.4 Å². The Morgan fingerprint density at radius 2 is 0.667 bits per heavy atom. The molecule has 0 radical (unpaired) electrons. The predicted molar refractivity (Wildman–Crippen MR) is 158 cm³/mol. The van der Waals surface area contributed by atoms with Gasteiger partial charge in [0.2, 0.25) is 0 Å². The average Bonchev–Trinajstić information content (AvgIpc) is 2.95. The quantitative estimate of drug-likeness (QED) is 0.213. The lowest BCUT2D eigenvalue weighted by Gasteiger charge is -2.23. The van der Waals surface area contributed by atoms with Crippen LogP contribution in [0.25, 0.3) is 11.1 Å². The predicted octanol–water partition coefficient (Wildman–Crippen LogP) is 8.39. The molecule has 0 saturated carbocycles. The second-order valence-corrected chi connectivity index (χ2v) is 8.92. The topological polar surface area (TPSA) is 6.48 Å². The second kappa shape index (κ2) is 12.3. The van der Waals surface area contributed by atoms with Crippen LogP contribution in [-0.4, -0.2) is 26.2 Å². The normalized spacial score (nSPS) is 11.7. The molecule has 0 heterocycles. The molecule has 0 aliphatic heterocycles. The summed E-state index contributed by atoms with van der Waals surface area (Å²) in [6.07, 6.45) is 0. The van der Waals surface area contributed by atoms with E-state index in [4.69, 9.17) is 0 Å². The van der Waals surface area contributed by atoms with Gasteiger partial charge in [0.15, 0.2) is 0 Å². The highest BCUT2D eigenvalue weighted by atomic mass is 15.1. The van der Waals surface area contributed by atoms with E-state index in [1.54, 1.807) is 0 Å². The second-order valence-electron chi connectivity index (χ2n) is 8.92. The van der Waals surface area contributed by atoms with Crippen molar-refractivity contribution in [3.05, 3.63) is 131 Å². The first-order valence-electron chi connectivity index (χ1n) is 13.3. The molecule has 0 aromatic heterocycles. The largest absolute Gasteiger partial charge is 0.372 e. The van der Waals surface area contributed by atoms with Gasteiger partial charge in [-0.15, -0.1) is 0 Å². The van der Waals surface area contributed by atoms with Gasteiger partial charge in [-0.1, -0.05) is 84.9 Å². The zero-order chi connectivity index (χ0) is 25.3. The Morgan fingerprint density at radius 1 is 0.389 bits per heavy atom. The van der Waals surface area contributed by atoms with Gasteiger partial charge in [0.1, 0.15) is 0 Å². The zero-order valence-corrected chi connectivity index (χ0v) is 22.1. The van der Waals surface area contributed by atoms with E-state index in [0.717, 1.165) is 26.2 Å². The number of anilines is 2. The molecule has 2 nitrogen and oxygen atoms in total. The van der Waals surface area contributed by atoms with Gasteiger partial charge in [-0.2, -0.15) is 0 Å². The highest BCUT2D eigenvalue weighted by Crippen LogP contribution is 2.38. The fourth-order valence-electron chi connectivity index (χ4n) is 4.98. The van der Waals surface area contributed by atoms with Crippen molar-refractivity contribution in [2.45, 2.75) is 27.7 Å². The number of benzene rings is 4. The van der Waals surface area contributed by atoms with Crippen molar-refractivity contribution in [3.8, 4) is 0 Å². The minimum atomic E-state index is 1.01. The minimum absolute atomic E-state index is 1.01. The molecule has 0 bridgehead atoms. The molecule has 184 valence electrons. The summed E-state index contributed by atoms with van der Waals surface area (Å²) < 4.78 is 0. The Labute approximate surface area is 217 Å². The van der Waals surface area contributed by atoms with Crippen LogP contribution in [-0.2, 0) is 0 Å². The molecule has 4 aromatic rings. The van der Waals surface area contributed by atoms with Gasteiger partial charge < -0.3 is 9.80 Å². The molecular formula is C34H38N2. The van der Waals surface area contributed by atoms with Crippen LogP contribution in [0.5, 0.6) is 0 Å². The molecule has 4 aromatic carbocycles. The van der Waals surface area contributed by atoms with Crippen molar-refractivity contribution in [1.82, 2.24) is 0 Å². The van der Waals surface area contributed by atoms with E-state index in [1.165, 1.54) is 44.8 Å². The number of nitrogens with zero attached hydrogens (tertiary/aromatic N) is 2. The number of hydrogen-bond acceptors (Lipinski definition) is 2. The van der Waals surface area contributed by atoms with Crippen LogP contribution in [0.2, 0.25) is 0 Å². The van der Waals surface area contributed by atoms with Gasteiger partial charge in [0, 0.05) is 37.6 Å². The van der Waals surface area contributed by atoms with E-state index in [-0.39, 0.29) is 0 Å². The molecule has 0 aliphatic carbocycles. The van der Waals surface area contributed by atoms with Gasteiger partial charge in [0.05, 0.1) is 0 Å². The van der Waals surface area contributed by atoms with Crippen molar-refractivity contribution in [1.29, 1.82) is 0 Å². The summed E-state index contributed by atoms with van der Waals surface area (Å²) in [6.45, 7) is 12.9. The Kier molecular flexibility index (Phi) is 8.62. The summed E-state index contributed by atoms with van der Waals surface area (Å²) in [5.74, 6) is 0. The van der Waals surface area contributed by atoms with E-state index in [2.05, 4.69) is 147 Å². The van der Waals surface area contributed by atoms with E-state index in [9.17, 15) is 0 Å². The first-order chi connectivity index (χ1) is 17.7.